The number of aliphatic hydroxyl groups is 1. The molecule has 3 nitrogen and oxygen atoms in total. The Bertz CT molecular complexity index is 469. The number of nitrogens with one attached hydrogen (secondary N) is 1. The van der Waals surface area contributed by atoms with Gasteiger partial charge in [-0.15, -0.1) is 0 Å². The van der Waals surface area contributed by atoms with Gasteiger partial charge in [0.25, 0.3) is 0 Å². The van der Waals surface area contributed by atoms with Gasteiger partial charge >= 0.3 is 0 Å². The van der Waals surface area contributed by atoms with Crippen LogP contribution in [0.4, 0.5) is 0 Å². The number of ketones is 1. The molecule has 2 N–H and O–H groups in total. The second-order valence-electron chi connectivity index (χ2n) is 6.84. The molecule has 0 spiro atoms. The minimum absolute atomic E-state index is 0.125. The van der Waals surface area contributed by atoms with Crippen LogP contribution in [0, 0.1) is 0 Å². The zero-order valence-corrected chi connectivity index (χ0v) is 14.4. The minimum Gasteiger partial charge on any atom is -0.392 e. The first-order valence-corrected chi connectivity index (χ1v) is 9.22. The van der Waals surface area contributed by atoms with Gasteiger partial charge in [0.2, 0.25) is 0 Å². The number of hydrogen-bond donors (Lipinski definition) is 2. The fraction of sp³-hybridized carbons (Fsp3) is 0.650. The summed E-state index contributed by atoms with van der Waals surface area (Å²) < 4.78 is 0. The summed E-state index contributed by atoms with van der Waals surface area (Å²) in [5.41, 5.74) is 2.12. The Morgan fingerprint density at radius 3 is 2.48 bits per heavy atom. The fourth-order valence-corrected chi connectivity index (χ4v) is 3.26. The number of carbonyl (C=O) groups excluding carboxylic acids is 1. The van der Waals surface area contributed by atoms with E-state index in [4.69, 9.17) is 0 Å². The molecule has 1 fully saturated rings. The molecule has 0 saturated carbocycles. The number of rotatable bonds is 10. The Hall–Kier alpha value is -1.19. The van der Waals surface area contributed by atoms with E-state index in [-0.39, 0.29) is 17.9 Å². The Labute approximate surface area is 140 Å². The van der Waals surface area contributed by atoms with Crippen molar-refractivity contribution < 1.29 is 9.90 Å². The predicted molar refractivity (Wildman–Crippen MR) is 94.9 cm³/mol. The lowest BCUT2D eigenvalue weighted by Crippen LogP contribution is -2.24. The summed E-state index contributed by atoms with van der Waals surface area (Å²) >= 11 is 0. The van der Waals surface area contributed by atoms with Crippen molar-refractivity contribution in [3.05, 3.63) is 35.4 Å². The summed E-state index contributed by atoms with van der Waals surface area (Å²) in [6, 6.07) is 8.23. The van der Waals surface area contributed by atoms with Crippen LogP contribution in [0.5, 0.6) is 0 Å². The number of Topliss-reactive ketones (excluding diaryl/α,β-unsaturated/α-hetero) is 1. The average molecular weight is 317 g/mol. The van der Waals surface area contributed by atoms with Gasteiger partial charge in [0, 0.05) is 24.6 Å². The first-order chi connectivity index (χ1) is 11.2. The molecular weight excluding hydrogens is 286 g/mol. The van der Waals surface area contributed by atoms with Gasteiger partial charge in [0.15, 0.2) is 5.78 Å². The topological polar surface area (TPSA) is 49.3 Å². The summed E-state index contributed by atoms with van der Waals surface area (Å²) in [4.78, 5) is 12.3. The Kier molecular flexibility index (Phi) is 7.77. The number of unbranched alkanes of at least 4 members (excludes halogenated alkanes) is 5. The average Bonchev–Trinajstić information content (AvgIpc) is 2.96. The number of benzene rings is 1. The van der Waals surface area contributed by atoms with Gasteiger partial charge in [-0.05, 0) is 24.8 Å². The molecule has 2 rings (SSSR count). The zero-order valence-electron chi connectivity index (χ0n) is 14.4. The Morgan fingerprint density at radius 2 is 1.83 bits per heavy atom. The van der Waals surface area contributed by atoms with Crippen molar-refractivity contribution in [2.75, 3.05) is 6.54 Å². The third kappa shape index (κ3) is 6.44. The molecule has 0 unspecified atom stereocenters. The first-order valence-electron chi connectivity index (χ1n) is 9.22. The largest absolute Gasteiger partial charge is 0.392 e. The third-order valence-corrected chi connectivity index (χ3v) is 4.73. The Balaban J connectivity index is 1.70. The van der Waals surface area contributed by atoms with E-state index < -0.39 is 0 Å². The van der Waals surface area contributed by atoms with Crippen LogP contribution in [-0.2, 0) is 6.42 Å². The molecule has 1 aromatic rings. The summed E-state index contributed by atoms with van der Waals surface area (Å²) in [6.07, 6.45) is 9.85. The highest BCUT2D eigenvalue weighted by Gasteiger charge is 2.24. The van der Waals surface area contributed by atoms with Crippen molar-refractivity contribution in [1.82, 2.24) is 5.32 Å². The van der Waals surface area contributed by atoms with Crippen molar-refractivity contribution in [3.63, 3.8) is 0 Å². The molecule has 0 aromatic heterocycles. The minimum atomic E-state index is -0.299. The van der Waals surface area contributed by atoms with E-state index >= 15 is 0 Å². The lowest BCUT2D eigenvalue weighted by molar-refractivity contribution is 0.0969. The molecule has 128 valence electrons. The second kappa shape index (κ2) is 9.84. The van der Waals surface area contributed by atoms with E-state index in [1.807, 2.05) is 12.1 Å². The number of carbonyl (C=O) groups is 1. The molecule has 0 amide bonds. The van der Waals surface area contributed by atoms with E-state index in [0.717, 1.165) is 12.0 Å². The molecule has 2 atom stereocenters. The number of hydrogen-bond acceptors (Lipinski definition) is 3. The van der Waals surface area contributed by atoms with Gasteiger partial charge in [0.1, 0.15) is 0 Å². The van der Waals surface area contributed by atoms with Gasteiger partial charge in [-0.3, -0.25) is 4.79 Å². The molecule has 1 aliphatic heterocycles. The van der Waals surface area contributed by atoms with Crippen molar-refractivity contribution in [3.8, 4) is 0 Å². The number of aryl methyl sites for hydroxylation is 1. The molecule has 0 aliphatic carbocycles. The van der Waals surface area contributed by atoms with Crippen molar-refractivity contribution in [2.45, 2.75) is 76.9 Å². The quantitative estimate of drug-likeness (QED) is 0.508. The van der Waals surface area contributed by atoms with Crippen molar-refractivity contribution >= 4 is 5.78 Å². The molecule has 0 radical (unpaired) electrons. The molecule has 0 bridgehead atoms. The second-order valence-corrected chi connectivity index (χ2v) is 6.84. The maximum Gasteiger partial charge on any atom is 0.164 e. The maximum absolute atomic E-state index is 12.3. The van der Waals surface area contributed by atoms with Gasteiger partial charge in [-0.25, -0.2) is 0 Å². The van der Waals surface area contributed by atoms with Crippen LogP contribution >= 0.6 is 0 Å². The van der Waals surface area contributed by atoms with Crippen LogP contribution in [0.3, 0.4) is 0 Å². The smallest absolute Gasteiger partial charge is 0.164 e. The predicted octanol–water partition coefficient (Wildman–Crippen LogP) is 3.89. The number of aliphatic hydroxyl groups excluding tert-OH is 1. The lowest BCUT2D eigenvalue weighted by atomic mass is 9.99. The van der Waals surface area contributed by atoms with Gasteiger partial charge < -0.3 is 10.4 Å². The van der Waals surface area contributed by atoms with Crippen LogP contribution in [0.1, 0.15) is 74.2 Å². The van der Waals surface area contributed by atoms with E-state index in [2.05, 4.69) is 24.4 Å². The highest BCUT2D eigenvalue weighted by molar-refractivity contribution is 5.96. The van der Waals surface area contributed by atoms with Gasteiger partial charge in [-0.2, -0.15) is 0 Å². The summed E-state index contributed by atoms with van der Waals surface area (Å²) in [7, 11) is 0. The van der Waals surface area contributed by atoms with Crippen molar-refractivity contribution in [2.24, 2.45) is 0 Å². The molecule has 1 heterocycles. The van der Waals surface area contributed by atoms with E-state index in [0.29, 0.717) is 19.4 Å². The molecule has 1 saturated heterocycles. The maximum atomic E-state index is 12.3. The van der Waals surface area contributed by atoms with Crippen LogP contribution < -0.4 is 5.32 Å². The third-order valence-electron chi connectivity index (χ3n) is 4.73. The van der Waals surface area contributed by atoms with E-state index in [1.165, 1.54) is 44.1 Å². The van der Waals surface area contributed by atoms with Crippen LogP contribution in [0.15, 0.2) is 24.3 Å². The normalized spacial score (nSPS) is 20.8. The lowest BCUT2D eigenvalue weighted by Gasteiger charge is -2.09. The highest BCUT2D eigenvalue weighted by Crippen LogP contribution is 2.15. The number of β-amino-alcohol motifs (C(OH)–C–C–N with tert-alkyl or cyclic N) is 1. The summed E-state index contributed by atoms with van der Waals surface area (Å²) in [5.74, 6) is 0.169. The van der Waals surface area contributed by atoms with Crippen molar-refractivity contribution in [1.29, 1.82) is 0 Å². The highest BCUT2D eigenvalue weighted by atomic mass is 16.3. The molecule has 23 heavy (non-hydrogen) atoms. The Morgan fingerprint density at radius 1 is 1.13 bits per heavy atom. The van der Waals surface area contributed by atoms with Gasteiger partial charge in [-0.1, -0.05) is 63.3 Å². The zero-order chi connectivity index (χ0) is 16.5. The standard InChI is InChI=1S/C20H31NO2/c1-2-3-4-5-6-7-8-16-9-11-17(12-10-16)20(23)14-18-13-19(22)15-21-18/h9-12,18-19,21-22H,2-8,13-15H2,1H3/t18-,19+/m0/s1. The summed E-state index contributed by atoms with van der Waals surface area (Å²) in [6.45, 7) is 2.85. The SMILES string of the molecule is CCCCCCCCc1ccc(C(=O)C[C@@H]2C[C@@H](O)CN2)cc1. The van der Waals surface area contributed by atoms with Crippen LogP contribution in [-0.4, -0.2) is 29.6 Å². The van der Waals surface area contributed by atoms with Gasteiger partial charge in [0.05, 0.1) is 6.10 Å². The fourth-order valence-electron chi connectivity index (χ4n) is 3.26. The first kappa shape index (κ1) is 18.2. The monoisotopic (exact) mass is 317 g/mol. The molecule has 1 aliphatic rings. The van der Waals surface area contributed by atoms with Crippen LogP contribution in [0.25, 0.3) is 0 Å². The van der Waals surface area contributed by atoms with E-state index in [9.17, 15) is 9.90 Å². The summed E-state index contributed by atoms with van der Waals surface area (Å²) in [5, 5.41) is 12.7. The van der Waals surface area contributed by atoms with Crippen LogP contribution in [0.2, 0.25) is 0 Å². The molecule has 3 heteroatoms. The molecular formula is C20H31NO2. The molecule has 1 aromatic carbocycles. The van der Waals surface area contributed by atoms with E-state index in [1.54, 1.807) is 0 Å².